The Morgan fingerprint density at radius 3 is 2.67 bits per heavy atom. The van der Waals surface area contributed by atoms with Crippen LogP contribution in [0.1, 0.15) is 45.0 Å². The quantitative estimate of drug-likeness (QED) is 0.490. The van der Waals surface area contributed by atoms with Gasteiger partial charge in [-0.2, -0.15) is 0 Å². The van der Waals surface area contributed by atoms with Gasteiger partial charge < -0.3 is 15.2 Å². The number of aryl methyl sites for hydroxylation is 1. The third-order valence-electron chi connectivity index (χ3n) is 5.45. The molecule has 2 N–H and O–H groups in total. The summed E-state index contributed by atoms with van der Waals surface area (Å²) in [5.74, 6) is 2.49. The van der Waals surface area contributed by atoms with Crippen molar-refractivity contribution in [3.8, 4) is 0 Å². The molecule has 1 aliphatic rings. The van der Waals surface area contributed by atoms with Crippen LogP contribution in [-0.4, -0.2) is 57.8 Å². The third-order valence-corrected chi connectivity index (χ3v) is 5.45. The summed E-state index contributed by atoms with van der Waals surface area (Å²) in [5.41, 5.74) is 1.39. The molecule has 0 unspecified atom stereocenters. The number of nitrogens with zero attached hydrogens (tertiary/aromatic N) is 5. The Morgan fingerprint density at radius 1 is 1.20 bits per heavy atom. The summed E-state index contributed by atoms with van der Waals surface area (Å²) in [6.07, 6.45) is 4.98. The molecule has 0 bridgehead atoms. The molecule has 0 amide bonds. The van der Waals surface area contributed by atoms with Crippen molar-refractivity contribution in [3.05, 3.63) is 48.0 Å². The van der Waals surface area contributed by atoms with E-state index in [9.17, 15) is 0 Å². The van der Waals surface area contributed by atoms with Crippen LogP contribution in [0.15, 0.2) is 41.7 Å². The standard InChI is InChI=1S/C23H37N7/c1-4-22-28-26-18-30(22)15-12-24-23(25-16-19(2)3)27-21-10-13-29(14-11-21)17-20-8-6-5-7-9-20/h5-9,18-19,21H,4,10-17H2,1-3H3,(H2,24,25,27). The molecule has 7 heteroatoms. The average Bonchev–Trinajstić information content (AvgIpc) is 3.21. The normalized spacial score (nSPS) is 16.2. The summed E-state index contributed by atoms with van der Waals surface area (Å²) in [7, 11) is 0. The largest absolute Gasteiger partial charge is 0.355 e. The van der Waals surface area contributed by atoms with Crippen molar-refractivity contribution >= 4 is 5.96 Å². The van der Waals surface area contributed by atoms with E-state index in [0.29, 0.717) is 12.0 Å². The van der Waals surface area contributed by atoms with Gasteiger partial charge in [-0.05, 0) is 24.3 Å². The molecule has 0 aliphatic carbocycles. The van der Waals surface area contributed by atoms with E-state index < -0.39 is 0 Å². The van der Waals surface area contributed by atoms with Crippen LogP contribution in [0.4, 0.5) is 0 Å². The molecule has 3 rings (SSSR count). The molecule has 7 nitrogen and oxygen atoms in total. The molecule has 30 heavy (non-hydrogen) atoms. The van der Waals surface area contributed by atoms with E-state index in [0.717, 1.165) is 70.3 Å². The molecular formula is C23H37N7. The highest BCUT2D eigenvalue weighted by Gasteiger charge is 2.20. The highest BCUT2D eigenvalue weighted by atomic mass is 15.3. The number of benzene rings is 1. The van der Waals surface area contributed by atoms with Gasteiger partial charge in [-0.15, -0.1) is 10.2 Å². The van der Waals surface area contributed by atoms with Gasteiger partial charge in [0.05, 0.1) is 0 Å². The Kier molecular flexibility index (Phi) is 8.68. The van der Waals surface area contributed by atoms with E-state index in [1.54, 1.807) is 6.33 Å². The van der Waals surface area contributed by atoms with Crippen LogP contribution in [0.25, 0.3) is 0 Å². The highest BCUT2D eigenvalue weighted by Crippen LogP contribution is 2.14. The summed E-state index contributed by atoms with van der Waals surface area (Å²) in [6, 6.07) is 11.2. The number of rotatable bonds is 9. The molecule has 0 spiro atoms. The predicted molar refractivity (Wildman–Crippen MR) is 122 cm³/mol. The average molecular weight is 412 g/mol. The lowest BCUT2D eigenvalue weighted by molar-refractivity contribution is 0.198. The number of aromatic nitrogens is 3. The van der Waals surface area contributed by atoms with Crippen LogP contribution in [0.2, 0.25) is 0 Å². The third kappa shape index (κ3) is 7.13. The van der Waals surface area contributed by atoms with Gasteiger partial charge >= 0.3 is 0 Å². The molecule has 1 aromatic carbocycles. The van der Waals surface area contributed by atoms with Crippen molar-refractivity contribution in [2.45, 2.75) is 59.2 Å². The minimum atomic E-state index is 0.469. The van der Waals surface area contributed by atoms with E-state index >= 15 is 0 Å². The number of nitrogens with one attached hydrogen (secondary N) is 2. The van der Waals surface area contributed by atoms with Gasteiger partial charge in [-0.25, -0.2) is 0 Å². The minimum absolute atomic E-state index is 0.469. The van der Waals surface area contributed by atoms with Crippen LogP contribution >= 0.6 is 0 Å². The van der Waals surface area contributed by atoms with E-state index in [2.05, 4.69) is 81.4 Å². The van der Waals surface area contributed by atoms with Gasteiger partial charge in [-0.1, -0.05) is 51.1 Å². The van der Waals surface area contributed by atoms with Gasteiger partial charge in [0.15, 0.2) is 5.96 Å². The van der Waals surface area contributed by atoms with Gasteiger partial charge in [0.1, 0.15) is 12.2 Å². The fourth-order valence-corrected chi connectivity index (χ4v) is 3.73. The monoisotopic (exact) mass is 411 g/mol. The van der Waals surface area contributed by atoms with Gasteiger partial charge in [-0.3, -0.25) is 9.89 Å². The lowest BCUT2D eigenvalue weighted by atomic mass is 10.0. The minimum Gasteiger partial charge on any atom is -0.355 e. The second kappa shape index (κ2) is 11.7. The number of aliphatic imine (C=N–C) groups is 1. The lowest BCUT2D eigenvalue weighted by Gasteiger charge is -2.33. The summed E-state index contributed by atoms with van der Waals surface area (Å²) in [5, 5.41) is 15.4. The molecule has 2 heterocycles. The Hall–Kier alpha value is -2.41. The number of hydrogen-bond acceptors (Lipinski definition) is 4. The second-order valence-electron chi connectivity index (χ2n) is 8.48. The molecule has 1 aliphatic heterocycles. The van der Waals surface area contributed by atoms with Gasteiger partial charge in [0.2, 0.25) is 0 Å². The Balaban J connectivity index is 1.47. The molecule has 2 aromatic rings. The maximum Gasteiger partial charge on any atom is 0.191 e. The summed E-state index contributed by atoms with van der Waals surface area (Å²) >= 11 is 0. The van der Waals surface area contributed by atoms with Crippen molar-refractivity contribution in [1.82, 2.24) is 30.3 Å². The fourth-order valence-electron chi connectivity index (χ4n) is 3.73. The van der Waals surface area contributed by atoms with Crippen molar-refractivity contribution in [3.63, 3.8) is 0 Å². The predicted octanol–water partition coefficient (Wildman–Crippen LogP) is 2.70. The maximum atomic E-state index is 4.81. The van der Waals surface area contributed by atoms with E-state index in [1.807, 2.05) is 0 Å². The molecule has 0 radical (unpaired) electrons. The Morgan fingerprint density at radius 2 is 1.97 bits per heavy atom. The van der Waals surface area contributed by atoms with Crippen molar-refractivity contribution < 1.29 is 0 Å². The smallest absolute Gasteiger partial charge is 0.191 e. The van der Waals surface area contributed by atoms with Crippen LogP contribution in [0.5, 0.6) is 0 Å². The first-order chi connectivity index (χ1) is 14.6. The molecular weight excluding hydrogens is 374 g/mol. The zero-order valence-electron chi connectivity index (χ0n) is 18.7. The number of guanidine groups is 1. The Labute approximate surface area is 181 Å². The fraction of sp³-hybridized carbons (Fsp3) is 0.609. The molecule has 164 valence electrons. The van der Waals surface area contributed by atoms with Crippen LogP contribution in [0, 0.1) is 5.92 Å². The molecule has 0 saturated carbocycles. The SMILES string of the molecule is CCc1nncn1CCNC(=NCC(C)C)NC1CCN(Cc2ccccc2)CC1. The second-order valence-corrected chi connectivity index (χ2v) is 8.48. The highest BCUT2D eigenvalue weighted by molar-refractivity contribution is 5.80. The first-order valence-corrected chi connectivity index (χ1v) is 11.3. The number of likely N-dealkylation sites (tertiary alicyclic amines) is 1. The first-order valence-electron chi connectivity index (χ1n) is 11.3. The number of hydrogen-bond donors (Lipinski definition) is 2. The van der Waals surface area contributed by atoms with Crippen LogP contribution in [-0.2, 0) is 19.5 Å². The summed E-state index contributed by atoms with van der Waals surface area (Å²) in [6.45, 7) is 12.3. The first kappa shape index (κ1) is 22.3. The molecule has 0 atom stereocenters. The lowest BCUT2D eigenvalue weighted by Crippen LogP contribution is -2.49. The van der Waals surface area contributed by atoms with Crippen molar-refractivity contribution in [1.29, 1.82) is 0 Å². The topological polar surface area (TPSA) is 70.4 Å². The Bertz CT molecular complexity index is 761. The molecule has 1 saturated heterocycles. The van der Waals surface area contributed by atoms with E-state index in [4.69, 9.17) is 4.99 Å². The zero-order valence-corrected chi connectivity index (χ0v) is 18.7. The summed E-state index contributed by atoms with van der Waals surface area (Å²) < 4.78 is 2.11. The van der Waals surface area contributed by atoms with Gasteiger partial charge in [0.25, 0.3) is 0 Å². The number of piperidine rings is 1. The van der Waals surface area contributed by atoms with Crippen molar-refractivity contribution in [2.24, 2.45) is 10.9 Å². The van der Waals surface area contributed by atoms with Gasteiger partial charge in [0, 0.05) is 51.7 Å². The summed E-state index contributed by atoms with van der Waals surface area (Å²) in [4.78, 5) is 7.35. The van der Waals surface area contributed by atoms with Crippen molar-refractivity contribution in [2.75, 3.05) is 26.2 Å². The molecule has 1 fully saturated rings. The molecule has 1 aromatic heterocycles. The maximum absolute atomic E-state index is 4.81. The van der Waals surface area contributed by atoms with Crippen LogP contribution < -0.4 is 10.6 Å². The van der Waals surface area contributed by atoms with Crippen LogP contribution in [0.3, 0.4) is 0 Å². The van der Waals surface area contributed by atoms with E-state index in [-0.39, 0.29) is 0 Å². The van der Waals surface area contributed by atoms with E-state index in [1.165, 1.54) is 5.56 Å². The zero-order chi connectivity index (χ0) is 21.2.